The highest BCUT2D eigenvalue weighted by atomic mass is 32.2. The average Bonchev–Trinajstić information content (AvgIpc) is 3.43. The number of carbonyl (C=O) groups excluding carboxylic acids is 1. The maximum Gasteiger partial charge on any atom is 0.331 e. The summed E-state index contributed by atoms with van der Waals surface area (Å²) >= 11 is 0. The predicted octanol–water partition coefficient (Wildman–Crippen LogP) is 2.92. The van der Waals surface area contributed by atoms with E-state index in [1.165, 1.54) is 6.20 Å². The summed E-state index contributed by atoms with van der Waals surface area (Å²) in [5.41, 5.74) is 3.67. The molecule has 1 aromatic heterocycles. The van der Waals surface area contributed by atoms with E-state index in [2.05, 4.69) is 15.1 Å². The summed E-state index contributed by atoms with van der Waals surface area (Å²) < 4.78 is 45.3. The normalized spacial score (nSPS) is 18.9. The smallest absolute Gasteiger partial charge is 0.331 e. The van der Waals surface area contributed by atoms with Crippen LogP contribution in [0.5, 0.6) is 5.88 Å². The van der Waals surface area contributed by atoms with Crippen molar-refractivity contribution in [3.05, 3.63) is 34.3 Å². The molecule has 1 aliphatic heterocycles. The maximum atomic E-state index is 14.8. The Morgan fingerprint density at radius 3 is 2.48 bits per heavy atom. The largest absolute Gasteiger partial charge is 0.477 e. The third-order valence-electron chi connectivity index (χ3n) is 5.87. The van der Waals surface area contributed by atoms with Crippen LogP contribution in [0, 0.1) is 10.6 Å². The zero-order chi connectivity index (χ0) is 20.2. The Bertz CT molecular complexity index is 1090. The highest BCUT2D eigenvalue weighted by molar-refractivity contribution is 7.91. The number of hydrogen-bond donors (Lipinski definition) is 3. The lowest BCUT2D eigenvalue weighted by molar-refractivity contribution is 0.224. The number of anilines is 1. The number of carbonyl (C=O) groups is 1. The number of aryl methyl sites for hydroxylation is 1. The number of urea groups is 1. The second-order valence-corrected chi connectivity index (χ2v) is 9.42. The minimum Gasteiger partial charge on any atom is -0.477 e. The summed E-state index contributed by atoms with van der Waals surface area (Å²) in [6.07, 6.45) is 6.53. The highest BCUT2D eigenvalue weighted by Gasteiger charge is 2.31. The summed E-state index contributed by atoms with van der Waals surface area (Å²) in [6.45, 7) is 1.07. The molecular formula is C19H22FN5O3S. The summed E-state index contributed by atoms with van der Waals surface area (Å²) in [6, 6.07) is -0.740. The van der Waals surface area contributed by atoms with Crippen LogP contribution in [0.2, 0.25) is 0 Å². The second-order valence-electron chi connectivity index (χ2n) is 7.66. The molecule has 0 fully saturated rings. The Labute approximate surface area is 167 Å². The number of ether oxygens (including phenoxy) is 1. The summed E-state index contributed by atoms with van der Waals surface area (Å²) in [5, 5.41) is 6.88. The monoisotopic (exact) mass is 419 g/mol. The van der Waals surface area contributed by atoms with Gasteiger partial charge < -0.3 is 10.1 Å². The van der Waals surface area contributed by atoms with E-state index < -0.39 is 15.9 Å². The van der Waals surface area contributed by atoms with Crippen molar-refractivity contribution in [2.45, 2.75) is 56.4 Å². The number of halogens is 1. The first-order chi connectivity index (χ1) is 14.0. The van der Waals surface area contributed by atoms with Gasteiger partial charge in [-0.2, -0.15) is 5.10 Å². The van der Waals surface area contributed by atoms with Crippen molar-refractivity contribution in [1.29, 1.82) is 4.78 Å². The zero-order valence-corrected chi connectivity index (χ0v) is 16.7. The molecule has 2 amide bonds. The van der Waals surface area contributed by atoms with Gasteiger partial charge in [-0.1, -0.05) is 0 Å². The Morgan fingerprint density at radius 2 is 1.79 bits per heavy atom. The molecule has 3 N–H and O–H groups in total. The van der Waals surface area contributed by atoms with Gasteiger partial charge in [-0.05, 0) is 60.8 Å². The molecule has 0 saturated heterocycles. The van der Waals surface area contributed by atoms with Gasteiger partial charge in [0.2, 0.25) is 5.88 Å². The minimum atomic E-state index is -3.66. The number of nitrogens with one attached hydrogen (secondary N) is 3. The lowest BCUT2D eigenvalue weighted by Crippen LogP contribution is -2.34. The molecule has 0 unspecified atom stereocenters. The Morgan fingerprint density at radius 1 is 1.14 bits per heavy atom. The third kappa shape index (κ3) is 2.97. The molecule has 1 aromatic carbocycles. The van der Waals surface area contributed by atoms with E-state index in [4.69, 9.17) is 9.52 Å². The quantitative estimate of drug-likeness (QED) is 0.711. The number of nitrogens with zero attached hydrogens (tertiary/aromatic N) is 2. The molecule has 154 valence electrons. The summed E-state index contributed by atoms with van der Waals surface area (Å²) in [7, 11) is -3.66. The van der Waals surface area contributed by atoms with Gasteiger partial charge in [-0.15, -0.1) is 0 Å². The number of benzene rings is 1. The van der Waals surface area contributed by atoms with E-state index in [-0.39, 0.29) is 16.6 Å². The van der Waals surface area contributed by atoms with Crippen molar-refractivity contribution < 1.29 is 18.1 Å². The van der Waals surface area contributed by atoms with E-state index in [0.29, 0.717) is 55.6 Å². The molecule has 0 radical (unpaired) electrons. The fourth-order valence-electron chi connectivity index (χ4n) is 4.61. The van der Waals surface area contributed by atoms with Crippen molar-refractivity contribution in [1.82, 2.24) is 14.5 Å². The van der Waals surface area contributed by atoms with Crippen LogP contribution in [0.4, 0.5) is 14.9 Å². The first kappa shape index (κ1) is 18.4. The zero-order valence-electron chi connectivity index (χ0n) is 15.8. The van der Waals surface area contributed by atoms with Gasteiger partial charge in [-0.3, -0.25) is 0 Å². The van der Waals surface area contributed by atoms with E-state index in [9.17, 15) is 13.4 Å². The van der Waals surface area contributed by atoms with E-state index in [1.54, 1.807) is 4.68 Å². The number of rotatable bonds is 3. The molecule has 2 heterocycles. The molecule has 0 saturated carbocycles. The van der Waals surface area contributed by atoms with Gasteiger partial charge in [0, 0.05) is 18.7 Å². The van der Waals surface area contributed by atoms with Crippen molar-refractivity contribution in [2.75, 3.05) is 11.9 Å². The number of fused-ring (bicyclic) bond motifs is 3. The third-order valence-corrected chi connectivity index (χ3v) is 7.24. The molecule has 5 rings (SSSR count). The van der Waals surface area contributed by atoms with Crippen LogP contribution in [-0.2, 0) is 42.1 Å². The van der Waals surface area contributed by atoms with Crippen LogP contribution in [0.25, 0.3) is 0 Å². The molecule has 0 bridgehead atoms. The fraction of sp³-hybridized carbons (Fsp3) is 0.474. The second kappa shape index (κ2) is 6.72. The van der Waals surface area contributed by atoms with Crippen LogP contribution in [0.3, 0.4) is 0 Å². The van der Waals surface area contributed by atoms with Gasteiger partial charge in [-0.25, -0.2) is 27.6 Å². The first-order valence-corrected chi connectivity index (χ1v) is 11.4. The Balaban J connectivity index is 1.43. The molecule has 8 nitrogen and oxygen atoms in total. The van der Waals surface area contributed by atoms with E-state index in [1.807, 2.05) is 0 Å². The van der Waals surface area contributed by atoms with Crippen LogP contribution in [0.1, 0.15) is 41.5 Å². The molecule has 29 heavy (non-hydrogen) atoms. The van der Waals surface area contributed by atoms with Crippen LogP contribution in [-0.4, -0.2) is 26.6 Å². The average molecular weight is 419 g/mol. The van der Waals surface area contributed by atoms with Gasteiger partial charge in [0.05, 0.1) is 12.8 Å². The van der Waals surface area contributed by atoms with Gasteiger partial charge in [0.25, 0.3) is 0 Å². The number of hydrogen-bond acceptors (Lipinski definition) is 5. The first-order valence-electron chi connectivity index (χ1n) is 9.87. The predicted molar refractivity (Wildman–Crippen MR) is 104 cm³/mol. The molecule has 0 spiro atoms. The lowest BCUT2D eigenvalue weighted by Gasteiger charge is -2.19. The summed E-state index contributed by atoms with van der Waals surface area (Å²) in [5.74, 6) is 0.143. The van der Waals surface area contributed by atoms with Gasteiger partial charge in [0.1, 0.15) is 10.7 Å². The number of aromatic nitrogens is 2. The topological polar surface area (TPSA) is 109 Å². The Hall–Kier alpha value is -2.62. The van der Waals surface area contributed by atoms with E-state index in [0.717, 1.165) is 30.4 Å². The molecule has 1 atom stereocenters. The van der Waals surface area contributed by atoms with Gasteiger partial charge in [0.15, 0.2) is 9.92 Å². The fourth-order valence-corrected chi connectivity index (χ4v) is 5.63. The van der Waals surface area contributed by atoms with Crippen molar-refractivity contribution >= 4 is 21.6 Å². The maximum absolute atomic E-state index is 14.8. The molecular weight excluding hydrogens is 397 g/mol. The molecule has 2 aromatic rings. The molecule has 3 aliphatic rings. The molecule has 10 heteroatoms. The minimum absolute atomic E-state index is 0.0573. The van der Waals surface area contributed by atoms with Crippen LogP contribution < -0.4 is 14.8 Å². The van der Waals surface area contributed by atoms with Crippen molar-refractivity contribution in [3.8, 4) is 5.88 Å². The number of amides is 2. The standard InChI is InChI=1S/C19H22FN5O3S/c20-16-11-4-1-6-13(11)17(14-7-2-5-12(14)16)23-19(26)24-29(21,27)15-10-22-25-8-3-9-28-18(15)25/h10H,1-9H2,(H3,21,23,24,26,27)/t29-/m0/s1. The van der Waals surface area contributed by atoms with Crippen molar-refractivity contribution in [3.63, 3.8) is 0 Å². The van der Waals surface area contributed by atoms with E-state index >= 15 is 0 Å². The SMILES string of the molecule is N=[S@](=O)(NC(=O)Nc1c2c(c(F)c3c1CCC3)CCC2)c1cnn2c1OCCC2. The molecule has 2 aliphatic carbocycles. The van der Waals surface area contributed by atoms with Crippen LogP contribution in [0.15, 0.2) is 11.1 Å². The summed E-state index contributed by atoms with van der Waals surface area (Å²) in [4.78, 5) is 12.8. The van der Waals surface area contributed by atoms with Crippen molar-refractivity contribution in [2.24, 2.45) is 0 Å². The van der Waals surface area contributed by atoms with Crippen LogP contribution >= 0.6 is 0 Å². The Kier molecular flexibility index (Phi) is 4.27. The van der Waals surface area contributed by atoms with Gasteiger partial charge >= 0.3 is 6.03 Å². The lowest BCUT2D eigenvalue weighted by atomic mass is 9.98. The highest BCUT2D eigenvalue weighted by Crippen LogP contribution is 2.41.